The van der Waals surface area contributed by atoms with Gasteiger partial charge in [0.25, 0.3) is 5.91 Å². The molecular formula is C20H26N4O2. The van der Waals surface area contributed by atoms with Crippen LogP contribution in [0.15, 0.2) is 29.3 Å². The Morgan fingerprint density at radius 1 is 1.27 bits per heavy atom. The molecule has 26 heavy (non-hydrogen) atoms. The number of amidine groups is 1. The Balaban J connectivity index is 1.45. The van der Waals surface area contributed by atoms with E-state index < -0.39 is 5.54 Å². The Hall–Kier alpha value is -2.37. The first-order valence-electron chi connectivity index (χ1n) is 9.60. The molecule has 4 rings (SSSR count). The number of anilines is 1. The number of nitrogens with zero attached hydrogens (tertiary/aromatic N) is 2. The summed E-state index contributed by atoms with van der Waals surface area (Å²) in [6, 6.07) is 7.87. The molecule has 1 aliphatic carbocycles. The van der Waals surface area contributed by atoms with Crippen LogP contribution in [-0.2, 0) is 11.2 Å². The number of aryl methyl sites for hydroxylation is 1. The zero-order chi connectivity index (χ0) is 18.3. The molecule has 1 aromatic carbocycles. The summed E-state index contributed by atoms with van der Waals surface area (Å²) in [6.07, 6.45) is 3.47. The third-order valence-electron chi connectivity index (χ3n) is 6.17. The normalized spacial score (nSPS) is 29.7. The van der Waals surface area contributed by atoms with Crippen LogP contribution < -0.4 is 10.6 Å². The second kappa shape index (κ2) is 6.41. The van der Waals surface area contributed by atoms with Gasteiger partial charge in [-0.25, -0.2) is 4.79 Å². The number of urea groups is 1. The molecule has 0 bridgehead atoms. The monoisotopic (exact) mass is 354 g/mol. The van der Waals surface area contributed by atoms with Crippen LogP contribution in [-0.4, -0.2) is 41.3 Å². The van der Waals surface area contributed by atoms with E-state index in [4.69, 9.17) is 4.99 Å². The first-order valence-corrected chi connectivity index (χ1v) is 9.60. The van der Waals surface area contributed by atoms with E-state index >= 15 is 0 Å². The van der Waals surface area contributed by atoms with Crippen LogP contribution in [0.3, 0.4) is 0 Å². The van der Waals surface area contributed by atoms with Crippen molar-refractivity contribution in [3.63, 3.8) is 0 Å². The topological polar surface area (TPSA) is 73.8 Å². The van der Waals surface area contributed by atoms with Gasteiger partial charge in [-0.1, -0.05) is 26.0 Å². The minimum atomic E-state index is -0.645. The molecule has 2 N–H and O–H groups in total. The van der Waals surface area contributed by atoms with Crippen LogP contribution in [0.2, 0.25) is 0 Å². The van der Waals surface area contributed by atoms with Crippen LogP contribution in [0.4, 0.5) is 10.5 Å². The number of carbonyl (C=O) groups is 2. The van der Waals surface area contributed by atoms with E-state index in [1.54, 1.807) is 0 Å². The Bertz CT molecular complexity index is 758. The molecule has 0 radical (unpaired) electrons. The third kappa shape index (κ3) is 2.68. The smallest absolute Gasteiger partial charge is 0.321 e. The summed E-state index contributed by atoms with van der Waals surface area (Å²) in [5.74, 6) is 1.29. The van der Waals surface area contributed by atoms with Crippen molar-refractivity contribution in [3.05, 3.63) is 29.8 Å². The van der Waals surface area contributed by atoms with Crippen molar-refractivity contribution < 1.29 is 9.59 Å². The highest BCUT2D eigenvalue weighted by atomic mass is 16.2. The maximum atomic E-state index is 12.7. The van der Waals surface area contributed by atoms with Crippen molar-refractivity contribution in [2.75, 3.05) is 18.4 Å². The number of nitrogens with one attached hydrogen (secondary N) is 2. The number of benzene rings is 1. The molecule has 138 valence electrons. The fourth-order valence-electron chi connectivity index (χ4n) is 4.63. The van der Waals surface area contributed by atoms with Gasteiger partial charge in [0, 0.05) is 31.1 Å². The molecule has 6 nitrogen and oxygen atoms in total. The van der Waals surface area contributed by atoms with E-state index in [0.717, 1.165) is 37.2 Å². The average Bonchev–Trinajstić information content (AvgIpc) is 3.31. The van der Waals surface area contributed by atoms with Crippen LogP contribution in [0.1, 0.15) is 38.7 Å². The molecule has 1 saturated carbocycles. The molecule has 3 amide bonds. The van der Waals surface area contributed by atoms with Crippen molar-refractivity contribution in [1.82, 2.24) is 10.2 Å². The number of likely N-dealkylation sites (tertiary alicyclic amines) is 1. The summed E-state index contributed by atoms with van der Waals surface area (Å²) in [6.45, 7) is 5.41. The van der Waals surface area contributed by atoms with E-state index in [1.165, 1.54) is 5.56 Å². The first kappa shape index (κ1) is 17.1. The highest BCUT2D eigenvalue weighted by Crippen LogP contribution is 2.48. The van der Waals surface area contributed by atoms with Crippen molar-refractivity contribution >= 4 is 23.5 Å². The van der Waals surface area contributed by atoms with E-state index in [0.29, 0.717) is 19.0 Å². The van der Waals surface area contributed by atoms with Gasteiger partial charge in [-0.15, -0.1) is 0 Å². The van der Waals surface area contributed by atoms with E-state index in [-0.39, 0.29) is 17.9 Å². The maximum absolute atomic E-state index is 12.7. The second-order valence-corrected chi connectivity index (χ2v) is 7.58. The number of hydrogen-bond acceptors (Lipinski definition) is 3. The van der Waals surface area contributed by atoms with Crippen LogP contribution in [0.5, 0.6) is 0 Å². The van der Waals surface area contributed by atoms with Gasteiger partial charge in [0.15, 0.2) is 0 Å². The minimum absolute atomic E-state index is 0.0271. The van der Waals surface area contributed by atoms with Gasteiger partial charge in [-0.05, 0) is 42.9 Å². The van der Waals surface area contributed by atoms with Crippen molar-refractivity contribution in [1.29, 1.82) is 0 Å². The molecule has 3 aliphatic rings. The highest BCUT2D eigenvalue weighted by molar-refractivity contribution is 6.08. The fraction of sp³-hybridized carbons (Fsp3) is 0.550. The number of carbonyl (C=O) groups excluding carboxylic acids is 2. The fourth-order valence-corrected chi connectivity index (χ4v) is 4.63. The summed E-state index contributed by atoms with van der Waals surface area (Å²) in [5, 5.41) is 5.92. The summed E-state index contributed by atoms with van der Waals surface area (Å²) in [4.78, 5) is 31.9. The lowest BCUT2D eigenvalue weighted by atomic mass is 9.85. The van der Waals surface area contributed by atoms with E-state index in [1.807, 2.05) is 36.1 Å². The quantitative estimate of drug-likeness (QED) is 0.876. The van der Waals surface area contributed by atoms with E-state index in [9.17, 15) is 9.59 Å². The summed E-state index contributed by atoms with van der Waals surface area (Å²) >= 11 is 0. The number of aliphatic imine (C=N–C) groups is 1. The molecule has 6 heteroatoms. The molecule has 1 spiro atoms. The van der Waals surface area contributed by atoms with Gasteiger partial charge >= 0.3 is 6.03 Å². The summed E-state index contributed by atoms with van der Waals surface area (Å²) < 4.78 is 0. The maximum Gasteiger partial charge on any atom is 0.321 e. The van der Waals surface area contributed by atoms with Crippen molar-refractivity contribution in [2.24, 2.45) is 16.8 Å². The molecule has 0 aromatic heterocycles. The Morgan fingerprint density at radius 3 is 2.69 bits per heavy atom. The van der Waals surface area contributed by atoms with Gasteiger partial charge in [0.2, 0.25) is 0 Å². The predicted molar refractivity (Wildman–Crippen MR) is 101 cm³/mol. The van der Waals surface area contributed by atoms with Crippen LogP contribution >= 0.6 is 0 Å². The molecule has 3 atom stereocenters. The standard InChI is InChI=1S/C20H26N4O2/c1-3-13-5-7-15(8-6-13)21-19(26)24-11-14-9-10-20(16(14)12-24)18(25)22-17(4-2)23-20/h5-8,14,16H,3-4,9-12H2,1-2H3,(H,21,26)(H,22,23,25)/t14-,16+,20-/m1/s1. The highest BCUT2D eigenvalue weighted by Gasteiger charge is 2.59. The lowest BCUT2D eigenvalue weighted by Crippen LogP contribution is -2.45. The number of amides is 3. The van der Waals surface area contributed by atoms with Gasteiger partial charge in [0.1, 0.15) is 11.4 Å². The van der Waals surface area contributed by atoms with Gasteiger partial charge < -0.3 is 15.5 Å². The Labute approximate surface area is 154 Å². The zero-order valence-electron chi connectivity index (χ0n) is 15.4. The largest absolute Gasteiger partial charge is 0.324 e. The molecule has 1 saturated heterocycles. The van der Waals surface area contributed by atoms with Crippen LogP contribution in [0, 0.1) is 11.8 Å². The molecule has 2 heterocycles. The minimum Gasteiger partial charge on any atom is -0.324 e. The number of hydrogen-bond donors (Lipinski definition) is 2. The average molecular weight is 354 g/mol. The van der Waals surface area contributed by atoms with Crippen molar-refractivity contribution in [3.8, 4) is 0 Å². The summed E-state index contributed by atoms with van der Waals surface area (Å²) in [5.41, 5.74) is 1.41. The van der Waals surface area contributed by atoms with Gasteiger partial charge in [0.05, 0.1) is 0 Å². The third-order valence-corrected chi connectivity index (χ3v) is 6.17. The van der Waals surface area contributed by atoms with Gasteiger partial charge in [-0.2, -0.15) is 0 Å². The van der Waals surface area contributed by atoms with Crippen molar-refractivity contribution in [2.45, 2.75) is 45.1 Å². The second-order valence-electron chi connectivity index (χ2n) is 7.58. The van der Waals surface area contributed by atoms with Crippen LogP contribution in [0.25, 0.3) is 0 Å². The molecule has 1 aromatic rings. The first-order chi connectivity index (χ1) is 12.6. The Kier molecular flexibility index (Phi) is 4.21. The molecular weight excluding hydrogens is 328 g/mol. The predicted octanol–water partition coefficient (Wildman–Crippen LogP) is 2.80. The lowest BCUT2D eigenvalue weighted by molar-refractivity contribution is -0.124. The summed E-state index contributed by atoms with van der Waals surface area (Å²) in [7, 11) is 0. The number of fused-ring (bicyclic) bond motifs is 2. The SMILES string of the molecule is CCC1=N[C@@]2(CC[C@@H]3CN(C(=O)Nc4ccc(CC)cc4)C[C@@H]32)C(=O)N1. The Morgan fingerprint density at radius 2 is 2.04 bits per heavy atom. The zero-order valence-corrected chi connectivity index (χ0v) is 15.4. The number of rotatable bonds is 3. The van der Waals surface area contributed by atoms with E-state index in [2.05, 4.69) is 17.6 Å². The molecule has 2 aliphatic heterocycles. The van der Waals surface area contributed by atoms with Gasteiger partial charge in [-0.3, -0.25) is 9.79 Å². The molecule has 2 fully saturated rings. The molecule has 0 unspecified atom stereocenters. The lowest BCUT2D eigenvalue weighted by Gasteiger charge is -2.25.